The number of methoxy groups -OCH3 is 1. The summed E-state index contributed by atoms with van der Waals surface area (Å²) in [5.74, 6) is 0.607. The molecular formula is C14H24N2O3. The average molecular weight is 268 g/mol. The third kappa shape index (κ3) is 3.69. The predicted molar refractivity (Wildman–Crippen MR) is 71.5 cm³/mol. The van der Waals surface area contributed by atoms with Gasteiger partial charge in [-0.05, 0) is 31.7 Å². The van der Waals surface area contributed by atoms with Crippen molar-refractivity contribution in [3.05, 3.63) is 0 Å². The summed E-state index contributed by atoms with van der Waals surface area (Å²) in [7, 11) is 1.42. The van der Waals surface area contributed by atoms with Crippen molar-refractivity contribution in [1.82, 2.24) is 9.80 Å². The average Bonchev–Trinajstić information content (AvgIpc) is 2.86. The van der Waals surface area contributed by atoms with Gasteiger partial charge in [0, 0.05) is 19.6 Å². The van der Waals surface area contributed by atoms with Gasteiger partial charge in [0.2, 0.25) is 5.91 Å². The summed E-state index contributed by atoms with van der Waals surface area (Å²) in [5, 5.41) is 0. The number of hydrogen-bond donors (Lipinski definition) is 0. The molecule has 0 bridgehead atoms. The van der Waals surface area contributed by atoms with E-state index in [1.807, 2.05) is 4.90 Å². The van der Waals surface area contributed by atoms with Crippen LogP contribution in [0.4, 0.5) is 0 Å². The van der Waals surface area contributed by atoms with Crippen LogP contribution in [-0.2, 0) is 14.3 Å². The maximum absolute atomic E-state index is 12.2. The van der Waals surface area contributed by atoms with Crippen molar-refractivity contribution < 1.29 is 14.3 Å². The standard InChI is InChI=1S/C14H24N2O3/c1-11-4-3-6-16(8-11)13(17)10-15-7-5-12(9-15)14(18)19-2/h11-12H,3-10H2,1-2H3. The highest BCUT2D eigenvalue weighted by atomic mass is 16.5. The van der Waals surface area contributed by atoms with Crippen molar-refractivity contribution in [2.75, 3.05) is 39.8 Å². The Labute approximate surface area is 114 Å². The third-order valence-corrected chi connectivity index (χ3v) is 4.18. The number of amides is 1. The molecule has 0 aliphatic carbocycles. The fourth-order valence-electron chi connectivity index (χ4n) is 3.04. The van der Waals surface area contributed by atoms with Crippen LogP contribution in [0, 0.1) is 11.8 Å². The molecule has 2 aliphatic rings. The first kappa shape index (κ1) is 14.3. The largest absolute Gasteiger partial charge is 0.469 e. The fraction of sp³-hybridized carbons (Fsp3) is 0.857. The summed E-state index contributed by atoms with van der Waals surface area (Å²) >= 11 is 0. The topological polar surface area (TPSA) is 49.9 Å². The Morgan fingerprint density at radius 3 is 2.68 bits per heavy atom. The zero-order valence-electron chi connectivity index (χ0n) is 11.9. The van der Waals surface area contributed by atoms with Crippen molar-refractivity contribution in [3.63, 3.8) is 0 Å². The minimum Gasteiger partial charge on any atom is -0.469 e. The van der Waals surface area contributed by atoms with Crippen LogP contribution in [0.25, 0.3) is 0 Å². The van der Waals surface area contributed by atoms with Crippen LogP contribution in [0.2, 0.25) is 0 Å². The van der Waals surface area contributed by atoms with E-state index < -0.39 is 0 Å². The number of piperidine rings is 1. The van der Waals surface area contributed by atoms with Gasteiger partial charge in [0.1, 0.15) is 0 Å². The van der Waals surface area contributed by atoms with Crippen LogP contribution in [0.15, 0.2) is 0 Å². The van der Waals surface area contributed by atoms with Crippen molar-refractivity contribution in [2.45, 2.75) is 26.2 Å². The molecule has 5 nitrogen and oxygen atoms in total. The van der Waals surface area contributed by atoms with Gasteiger partial charge in [0.15, 0.2) is 0 Å². The second kappa shape index (κ2) is 6.37. The number of esters is 1. The van der Waals surface area contributed by atoms with Crippen LogP contribution in [0.3, 0.4) is 0 Å². The first-order valence-corrected chi connectivity index (χ1v) is 7.18. The van der Waals surface area contributed by atoms with Gasteiger partial charge < -0.3 is 9.64 Å². The van der Waals surface area contributed by atoms with Crippen LogP contribution in [-0.4, -0.2) is 61.5 Å². The SMILES string of the molecule is COC(=O)C1CCN(CC(=O)N2CCCC(C)C2)C1. The summed E-state index contributed by atoms with van der Waals surface area (Å²) in [4.78, 5) is 27.7. The molecular weight excluding hydrogens is 244 g/mol. The quantitative estimate of drug-likeness (QED) is 0.708. The third-order valence-electron chi connectivity index (χ3n) is 4.18. The molecule has 0 radical (unpaired) electrons. The molecule has 2 unspecified atom stereocenters. The fourth-order valence-corrected chi connectivity index (χ4v) is 3.04. The molecule has 0 aromatic carbocycles. The normalized spacial score (nSPS) is 28.4. The zero-order valence-corrected chi connectivity index (χ0v) is 11.9. The number of ether oxygens (including phenoxy) is 1. The van der Waals surface area contributed by atoms with Gasteiger partial charge in [0.25, 0.3) is 0 Å². The molecule has 0 aromatic rings. The summed E-state index contributed by atoms with van der Waals surface area (Å²) < 4.78 is 4.76. The van der Waals surface area contributed by atoms with Crippen LogP contribution >= 0.6 is 0 Å². The summed E-state index contributed by atoms with van der Waals surface area (Å²) in [6.45, 7) is 5.88. The summed E-state index contributed by atoms with van der Waals surface area (Å²) in [6.07, 6.45) is 3.13. The highest BCUT2D eigenvalue weighted by Crippen LogP contribution is 2.19. The molecule has 0 saturated carbocycles. The number of nitrogens with zero attached hydrogens (tertiary/aromatic N) is 2. The lowest BCUT2D eigenvalue weighted by Gasteiger charge is -2.32. The monoisotopic (exact) mass is 268 g/mol. The van der Waals surface area contributed by atoms with Crippen LogP contribution < -0.4 is 0 Å². The molecule has 1 amide bonds. The molecule has 2 heterocycles. The first-order chi connectivity index (χ1) is 9.10. The Bertz CT molecular complexity index is 346. The van der Waals surface area contributed by atoms with Crippen molar-refractivity contribution in [2.24, 2.45) is 11.8 Å². The van der Waals surface area contributed by atoms with E-state index in [4.69, 9.17) is 4.74 Å². The van der Waals surface area contributed by atoms with Crippen LogP contribution in [0.1, 0.15) is 26.2 Å². The van der Waals surface area contributed by atoms with E-state index in [1.54, 1.807) is 0 Å². The lowest BCUT2D eigenvalue weighted by molar-refractivity contribution is -0.145. The van der Waals surface area contributed by atoms with E-state index in [1.165, 1.54) is 13.5 Å². The Kier molecular flexibility index (Phi) is 4.80. The molecule has 2 fully saturated rings. The molecule has 108 valence electrons. The van der Waals surface area contributed by atoms with E-state index in [2.05, 4.69) is 11.8 Å². The zero-order chi connectivity index (χ0) is 13.8. The van der Waals surface area contributed by atoms with Crippen molar-refractivity contribution in [3.8, 4) is 0 Å². The lowest BCUT2D eigenvalue weighted by atomic mass is 10.0. The molecule has 2 rings (SSSR count). The summed E-state index contributed by atoms with van der Waals surface area (Å²) in [6, 6.07) is 0. The van der Waals surface area contributed by atoms with Gasteiger partial charge in [-0.15, -0.1) is 0 Å². The van der Waals surface area contributed by atoms with Gasteiger partial charge in [0.05, 0.1) is 19.6 Å². The Balaban J connectivity index is 1.78. The number of carbonyl (C=O) groups excluding carboxylic acids is 2. The maximum Gasteiger partial charge on any atom is 0.310 e. The van der Waals surface area contributed by atoms with Gasteiger partial charge in [-0.3, -0.25) is 14.5 Å². The number of carbonyl (C=O) groups is 2. The van der Waals surface area contributed by atoms with E-state index >= 15 is 0 Å². The maximum atomic E-state index is 12.2. The molecule has 5 heteroatoms. The Morgan fingerprint density at radius 1 is 1.21 bits per heavy atom. The van der Waals surface area contributed by atoms with Gasteiger partial charge >= 0.3 is 5.97 Å². The minimum atomic E-state index is -0.151. The second-order valence-electron chi connectivity index (χ2n) is 5.83. The Morgan fingerprint density at radius 2 is 2.00 bits per heavy atom. The van der Waals surface area contributed by atoms with E-state index in [9.17, 15) is 9.59 Å². The second-order valence-corrected chi connectivity index (χ2v) is 5.83. The van der Waals surface area contributed by atoms with Gasteiger partial charge in [-0.25, -0.2) is 0 Å². The Hall–Kier alpha value is -1.10. The molecule has 2 atom stereocenters. The molecule has 0 aromatic heterocycles. The van der Waals surface area contributed by atoms with Gasteiger partial charge in [-0.2, -0.15) is 0 Å². The minimum absolute atomic E-state index is 0.0573. The number of likely N-dealkylation sites (tertiary alicyclic amines) is 2. The van der Waals surface area contributed by atoms with Crippen molar-refractivity contribution in [1.29, 1.82) is 0 Å². The first-order valence-electron chi connectivity index (χ1n) is 7.18. The van der Waals surface area contributed by atoms with E-state index in [0.29, 0.717) is 19.0 Å². The van der Waals surface area contributed by atoms with E-state index in [0.717, 1.165) is 32.5 Å². The highest BCUT2D eigenvalue weighted by Gasteiger charge is 2.31. The van der Waals surface area contributed by atoms with Gasteiger partial charge in [-0.1, -0.05) is 6.92 Å². The lowest BCUT2D eigenvalue weighted by Crippen LogP contribution is -2.44. The summed E-state index contributed by atoms with van der Waals surface area (Å²) in [5.41, 5.74) is 0. The predicted octanol–water partition coefficient (Wildman–Crippen LogP) is 0.740. The molecule has 2 aliphatic heterocycles. The highest BCUT2D eigenvalue weighted by molar-refractivity contribution is 5.79. The molecule has 19 heavy (non-hydrogen) atoms. The number of rotatable bonds is 3. The molecule has 0 spiro atoms. The van der Waals surface area contributed by atoms with Crippen molar-refractivity contribution >= 4 is 11.9 Å². The van der Waals surface area contributed by atoms with Crippen LogP contribution in [0.5, 0.6) is 0 Å². The number of hydrogen-bond acceptors (Lipinski definition) is 4. The smallest absolute Gasteiger partial charge is 0.310 e. The molecule has 2 saturated heterocycles. The molecule has 0 N–H and O–H groups in total. The van der Waals surface area contributed by atoms with E-state index in [-0.39, 0.29) is 17.8 Å².